The number of aliphatic hydroxyl groups is 7. The van der Waals surface area contributed by atoms with Crippen molar-refractivity contribution in [1.82, 2.24) is 0 Å². The SMILES string of the molecule is CCCCC/C=C\C[C@@H](O)/C=C/C=C/C=C\[C@@H](O)CCCC(=O)OC[C@H](COP(=O)(O)OC1[C@H](O)[C@H](O)C(O)[C@H](O)[C@H]1O)OC(=O)CCCCCCCCCCCCCCCCCCC. The van der Waals surface area contributed by atoms with Crippen LogP contribution in [0.15, 0.2) is 48.6 Å². The number of hydrogen-bond acceptors (Lipinski definition) is 14. The zero-order chi connectivity index (χ0) is 48.1. The molecule has 378 valence electrons. The monoisotopic (exact) mass is 947 g/mol. The molecule has 8 N–H and O–H groups in total. The summed E-state index contributed by atoms with van der Waals surface area (Å²) < 4.78 is 33.4. The standard InChI is InChI=1S/C49H87O15P/c1-3-5-7-9-11-12-13-14-15-16-17-18-19-20-21-23-29-35-43(53)63-41(38-62-65(59,60)64-49-47(57)45(55)44(54)46(56)48(49)58)37-61-42(52)36-30-34-40(51)33-28-25-24-27-32-39(50)31-26-22-10-8-6-4-2/h22,24-28,32-33,39-41,44-51,54-58H,3-21,23,29-31,34-38H2,1-2H3,(H,59,60)/b25-24+,26-22-,32-27+,33-28-/t39-,40-,41-,44?,45-,46+,47-,48-,49?/m1/s1. The lowest BCUT2D eigenvalue weighted by molar-refractivity contribution is -0.220. The second-order valence-corrected chi connectivity index (χ2v) is 18.8. The number of allylic oxidation sites excluding steroid dienone is 5. The minimum absolute atomic E-state index is 0.0462. The lowest BCUT2D eigenvalue weighted by atomic mass is 9.85. The van der Waals surface area contributed by atoms with Crippen molar-refractivity contribution in [1.29, 1.82) is 0 Å². The van der Waals surface area contributed by atoms with Crippen LogP contribution in [0, 0.1) is 0 Å². The fourth-order valence-electron chi connectivity index (χ4n) is 7.31. The molecule has 1 rings (SSSR count). The van der Waals surface area contributed by atoms with Crippen LogP contribution in [0.2, 0.25) is 0 Å². The number of phosphoric acid groups is 1. The zero-order valence-corrected chi connectivity index (χ0v) is 40.4. The first-order chi connectivity index (χ1) is 31.2. The summed E-state index contributed by atoms with van der Waals surface area (Å²) in [5.74, 6) is -1.34. The summed E-state index contributed by atoms with van der Waals surface area (Å²) in [5.41, 5.74) is 0. The van der Waals surface area contributed by atoms with E-state index in [9.17, 15) is 54.8 Å². The molecule has 0 saturated heterocycles. The Bertz CT molecular complexity index is 1360. The number of esters is 2. The first-order valence-corrected chi connectivity index (χ1v) is 26.2. The van der Waals surface area contributed by atoms with Crippen molar-refractivity contribution in [3.8, 4) is 0 Å². The van der Waals surface area contributed by atoms with Gasteiger partial charge in [0.25, 0.3) is 0 Å². The van der Waals surface area contributed by atoms with Gasteiger partial charge in [-0.1, -0.05) is 178 Å². The highest BCUT2D eigenvalue weighted by Crippen LogP contribution is 2.47. The van der Waals surface area contributed by atoms with E-state index in [1.165, 1.54) is 89.9 Å². The van der Waals surface area contributed by atoms with E-state index >= 15 is 0 Å². The molecule has 3 unspecified atom stereocenters. The van der Waals surface area contributed by atoms with Crippen molar-refractivity contribution in [2.75, 3.05) is 13.2 Å². The van der Waals surface area contributed by atoms with Gasteiger partial charge in [-0.2, -0.15) is 0 Å². The van der Waals surface area contributed by atoms with Gasteiger partial charge in [0.15, 0.2) is 6.10 Å². The molecule has 1 fully saturated rings. The van der Waals surface area contributed by atoms with E-state index in [0.29, 0.717) is 12.8 Å². The van der Waals surface area contributed by atoms with Crippen LogP contribution in [-0.4, -0.2) is 121 Å². The Morgan fingerprint density at radius 2 is 1.02 bits per heavy atom. The molecule has 16 heteroatoms. The maximum absolute atomic E-state index is 12.8. The summed E-state index contributed by atoms with van der Waals surface area (Å²) in [6.45, 7) is 3.04. The van der Waals surface area contributed by atoms with Crippen LogP contribution in [0.1, 0.15) is 181 Å². The highest BCUT2D eigenvalue weighted by atomic mass is 31.2. The van der Waals surface area contributed by atoms with E-state index in [-0.39, 0.29) is 25.7 Å². The third-order valence-corrected chi connectivity index (χ3v) is 12.3. The number of unbranched alkanes of at least 4 members (excludes halogenated alkanes) is 19. The number of phosphoric ester groups is 1. The van der Waals surface area contributed by atoms with Crippen molar-refractivity contribution in [2.45, 2.75) is 236 Å². The molecule has 0 radical (unpaired) electrons. The van der Waals surface area contributed by atoms with E-state index in [2.05, 4.69) is 19.9 Å². The Kier molecular flexibility index (Phi) is 36.1. The molecule has 0 aromatic rings. The molecular formula is C49H87O15P. The molecule has 65 heavy (non-hydrogen) atoms. The summed E-state index contributed by atoms with van der Waals surface area (Å²) in [4.78, 5) is 35.8. The topological polar surface area (TPSA) is 250 Å². The Hall–Kier alpha value is -2.27. The molecule has 0 aromatic heterocycles. The molecule has 1 aliphatic carbocycles. The van der Waals surface area contributed by atoms with Gasteiger partial charge in [-0.05, 0) is 38.5 Å². The normalized spacial score (nSPS) is 22.8. The number of carbonyl (C=O) groups excluding carboxylic acids is 2. The lowest BCUT2D eigenvalue weighted by Crippen LogP contribution is -2.64. The van der Waals surface area contributed by atoms with Crippen molar-refractivity contribution in [3.05, 3.63) is 48.6 Å². The van der Waals surface area contributed by atoms with Gasteiger partial charge in [-0.3, -0.25) is 18.6 Å². The Labute approximate surface area is 389 Å². The van der Waals surface area contributed by atoms with Crippen LogP contribution >= 0.6 is 7.82 Å². The van der Waals surface area contributed by atoms with Gasteiger partial charge in [-0.25, -0.2) is 4.57 Å². The van der Waals surface area contributed by atoms with Gasteiger partial charge in [-0.15, -0.1) is 0 Å². The quantitative estimate of drug-likeness (QED) is 0.00956. The van der Waals surface area contributed by atoms with Gasteiger partial charge < -0.3 is 50.1 Å². The molecule has 0 bridgehead atoms. The molecule has 0 heterocycles. The first-order valence-electron chi connectivity index (χ1n) is 24.7. The maximum atomic E-state index is 12.8. The molecular weight excluding hydrogens is 859 g/mol. The van der Waals surface area contributed by atoms with Gasteiger partial charge >= 0.3 is 19.8 Å². The first kappa shape index (κ1) is 60.7. The Morgan fingerprint density at radius 3 is 1.55 bits per heavy atom. The minimum Gasteiger partial charge on any atom is -0.462 e. The molecule has 1 saturated carbocycles. The van der Waals surface area contributed by atoms with E-state index < -0.39 is 87.9 Å². The second-order valence-electron chi connectivity index (χ2n) is 17.4. The average Bonchev–Trinajstić information content (AvgIpc) is 3.28. The fraction of sp³-hybridized carbons (Fsp3) is 0.796. The van der Waals surface area contributed by atoms with Crippen LogP contribution in [0.3, 0.4) is 0 Å². The Balaban J connectivity index is 2.54. The largest absolute Gasteiger partial charge is 0.472 e. The van der Waals surface area contributed by atoms with Crippen molar-refractivity contribution in [3.63, 3.8) is 0 Å². The molecule has 0 aliphatic heterocycles. The Morgan fingerprint density at radius 1 is 0.554 bits per heavy atom. The minimum atomic E-state index is -5.18. The van der Waals surface area contributed by atoms with E-state index in [4.69, 9.17) is 18.5 Å². The predicted molar refractivity (Wildman–Crippen MR) is 251 cm³/mol. The summed E-state index contributed by atoms with van der Waals surface area (Å²) in [7, 11) is -5.18. The molecule has 10 atom stereocenters. The van der Waals surface area contributed by atoms with Gasteiger partial charge in [0.1, 0.15) is 43.2 Å². The summed E-state index contributed by atoms with van der Waals surface area (Å²) in [6.07, 6.45) is 24.9. The highest BCUT2D eigenvalue weighted by Gasteiger charge is 2.51. The third kappa shape index (κ3) is 31.4. The van der Waals surface area contributed by atoms with Gasteiger partial charge in [0.2, 0.25) is 0 Å². The third-order valence-electron chi connectivity index (χ3n) is 11.4. The van der Waals surface area contributed by atoms with Crippen LogP contribution in [0.5, 0.6) is 0 Å². The lowest BCUT2D eigenvalue weighted by Gasteiger charge is -2.41. The predicted octanol–water partition coefficient (Wildman–Crippen LogP) is 7.89. The summed E-state index contributed by atoms with van der Waals surface area (Å²) >= 11 is 0. The van der Waals surface area contributed by atoms with E-state index in [1.54, 1.807) is 36.5 Å². The van der Waals surface area contributed by atoms with E-state index in [0.717, 1.165) is 38.5 Å². The van der Waals surface area contributed by atoms with Crippen molar-refractivity contribution < 1.29 is 73.3 Å². The zero-order valence-electron chi connectivity index (χ0n) is 39.5. The van der Waals surface area contributed by atoms with E-state index in [1.807, 2.05) is 6.08 Å². The van der Waals surface area contributed by atoms with Gasteiger partial charge in [0, 0.05) is 12.8 Å². The van der Waals surface area contributed by atoms with Crippen molar-refractivity contribution >= 4 is 19.8 Å². The second kappa shape index (κ2) is 38.7. The molecule has 0 aromatic carbocycles. The maximum Gasteiger partial charge on any atom is 0.472 e. The molecule has 0 spiro atoms. The molecule has 15 nitrogen and oxygen atoms in total. The highest BCUT2D eigenvalue weighted by molar-refractivity contribution is 7.47. The van der Waals surface area contributed by atoms with Crippen LogP contribution in [0.25, 0.3) is 0 Å². The van der Waals surface area contributed by atoms with Crippen LogP contribution in [-0.2, 0) is 32.7 Å². The number of hydrogen-bond donors (Lipinski definition) is 8. The number of ether oxygens (including phenoxy) is 2. The average molecular weight is 947 g/mol. The number of aliphatic hydroxyl groups excluding tert-OH is 7. The summed E-state index contributed by atoms with van der Waals surface area (Å²) in [6, 6.07) is 0. The smallest absolute Gasteiger partial charge is 0.462 e. The molecule has 1 aliphatic rings. The summed E-state index contributed by atoms with van der Waals surface area (Å²) in [5, 5.41) is 70.6. The van der Waals surface area contributed by atoms with Crippen molar-refractivity contribution in [2.24, 2.45) is 0 Å². The van der Waals surface area contributed by atoms with Gasteiger partial charge in [0.05, 0.1) is 18.8 Å². The van der Waals surface area contributed by atoms with Crippen LogP contribution < -0.4 is 0 Å². The fourth-order valence-corrected chi connectivity index (χ4v) is 8.28. The number of carbonyl (C=O) groups is 2. The molecule has 0 amide bonds. The van der Waals surface area contributed by atoms with Crippen LogP contribution in [0.4, 0.5) is 0 Å². The number of rotatable bonds is 40.